The van der Waals surface area contributed by atoms with Gasteiger partial charge < -0.3 is 15.0 Å². The number of nitrogens with one attached hydrogen (secondary N) is 1. The summed E-state index contributed by atoms with van der Waals surface area (Å²) in [5, 5.41) is 4.26. The number of piperidine rings is 1. The van der Waals surface area contributed by atoms with Crippen molar-refractivity contribution in [3.05, 3.63) is 58.0 Å². The number of rotatable bonds is 5. The van der Waals surface area contributed by atoms with Crippen molar-refractivity contribution in [2.45, 2.75) is 25.5 Å². The lowest BCUT2D eigenvalue weighted by molar-refractivity contribution is -0.148. The van der Waals surface area contributed by atoms with Crippen LogP contribution in [-0.2, 0) is 22.5 Å². The van der Waals surface area contributed by atoms with Gasteiger partial charge in [-0.1, -0.05) is 17.7 Å². The van der Waals surface area contributed by atoms with Gasteiger partial charge in [0, 0.05) is 42.2 Å². The van der Waals surface area contributed by atoms with Crippen molar-refractivity contribution in [1.82, 2.24) is 19.8 Å². The molecule has 2 fully saturated rings. The van der Waals surface area contributed by atoms with Gasteiger partial charge in [0.1, 0.15) is 22.8 Å². The Morgan fingerprint density at radius 2 is 2.26 bits per heavy atom. The van der Waals surface area contributed by atoms with E-state index in [2.05, 4.69) is 20.2 Å². The fraction of sp³-hybridized carbons (Fsp3) is 0.400. The molecule has 0 aliphatic carbocycles. The van der Waals surface area contributed by atoms with Gasteiger partial charge in [0.25, 0.3) is 0 Å². The number of likely N-dealkylation sites (tertiary alicyclic amines) is 1. The highest BCUT2D eigenvalue weighted by Gasteiger charge is 2.36. The topological polar surface area (TPSA) is 70.6 Å². The number of hydrogen-bond acceptors (Lipinski definition) is 7. The van der Waals surface area contributed by atoms with Crippen LogP contribution in [0.2, 0.25) is 5.02 Å². The number of anilines is 2. The van der Waals surface area contributed by atoms with Gasteiger partial charge in [-0.25, -0.2) is 14.4 Å². The van der Waals surface area contributed by atoms with Crippen LogP contribution in [0.5, 0.6) is 0 Å². The molecule has 0 radical (unpaired) electrons. The molecule has 5 heterocycles. The van der Waals surface area contributed by atoms with Gasteiger partial charge >= 0.3 is 0 Å². The van der Waals surface area contributed by atoms with E-state index >= 15 is 0 Å². The molecule has 6 rings (SSSR count). The Balaban J connectivity index is 1.14. The minimum atomic E-state index is -0.464. The number of ether oxygens (including phenoxy) is 1. The van der Waals surface area contributed by atoms with E-state index in [1.54, 1.807) is 23.5 Å². The van der Waals surface area contributed by atoms with Crippen molar-refractivity contribution in [3.8, 4) is 0 Å². The monoisotopic (exact) mass is 513 g/mol. The lowest BCUT2D eigenvalue weighted by Crippen LogP contribution is -2.53. The Bertz CT molecular complexity index is 1310. The first-order valence-electron chi connectivity index (χ1n) is 11.8. The number of aromatic nitrogens is 2. The number of fused-ring (bicyclic) bond motifs is 4. The maximum atomic E-state index is 13.5. The number of halogens is 2. The van der Waals surface area contributed by atoms with Gasteiger partial charge in [0.05, 0.1) is 29.7 Å². The van der Waals surface area contributed by atoms with Gasteiger partial charge in [-0.05, 0) is 43.1 Å². The zero-order valence-electron chi connectivity index (χ0n) is 19.0. The molecule has 3 aromatic rings. The summed E-state index contributed by atoms with van der Waals surface area (Å²) >= 11 is 7.52. The molecule has 2 aromatic heterocycles. The molecular formula is C25H25ClFN5O2S. The Labute approximate surface area is 211 Å². The number of amides is 1. The molecule has 35 heavy (non-hydrogen) atoms. The lowest BCUT2D eigenvalue weighted by Gasteiger charge is -2.44. The molecular weight excluding hydrogens is 489 g/mol. The fourth-order valence-electron chi connectivity index (χ4n) is 5.03. The van der Waals surface area contributed by atoms with Crippen molar-refractivity contribution >= 4 is 50.6 Å². The average Bonchev–Trinajstić information content (AvgIpc) is 3.22. The van der Waals surface area contributed by atoms with Crippen molar-refractivity contribution in [2.75, 3.05) is 38.1 Å². The molecule has 1 amide bonds. The van der Waals surface area contributed by atoms with E-state index in [1.165, 1.54) is 24.9 Å². The highest BCUT2D eigenvalue weighted by Crippen LogP contribution is 2.38. The third-order valence-electron chi connectivity index (χ3n) is 7.06. The van der Waals surface area contributed by atoms with E-state index in [0.717, 1.165) is 59.2 Å². The van der Waals surface area contributed by atoms with E-state index in [4.69, 9.17) is 16.3 Å². The van der Waals surface area contributed by atoms with E-state index in [-0.39, 0.29) is 10.9 Å². The first-order chi connectivity index (χ1) is 17.0. The summed E-state index contributed by atoms with van der Waals surface area (Å²) in [7, 11) is 0. The first kappa shape index (κ1) is 22.8. The van der Waals surface area contributed by atoms with Crippen LogP contribution in [-0.4, -0.2) is 64.6 Å². The van der Waals surface area contributed by atoms with Crippen LogP contribution in [0.3, 0.4) is 0 Å². The zero-order valence-corrected chi connectivity index (χ0v) is 20.6. The van der Waals surface area contributed by atoms with Crippen molar-refractivity contribution < 1.29 is 13.9 Å². The van der Waals surface area contributed by atoms with Crippen LogP contribution in [0.4, 0.5) is 15.9 Å². The van der Waals surface area contributed by atoms with Gasteiger partial charge in [-0.3, -0.25) is 9.69 Å². The normalized spacial score (nSPS) is 22.2. The van der Waals surface area contributed by atoms with Crippen LogP contribution in [0, 0.1) is 11.7 Å². The largest absolute Gasteiger partial charge is 0.376 e. The third kappa shape index (κ3) is 4.53. The highest BCUT2D eigenvalue weighted by atomic mass is 35.5. The maximum Gasteiger partial charge on any atom is 0.246 e. The molecule has 0 spiro atoms. The summed E-state index contributed by atoms with van der Waals surface area (Å²) in [6.45, 7) is 4.91. The fourth-order valence-corrected chi connectivity index (χ4v) is 6.41. The molecule has 1 aromatic carbocycles. The Morgan fingerprint density at radius 1 is 1.34 bits per heavy atom. The molecule has 0 bridgehead atoms. The summed E-state index contributed by atoms with van der Waals surface area (Å²) in [6.07, 6.45) is 7.49. The predicted molar refractivity (Wildman–Crippen MR) is 135 cm³/mol. The molecule has 182 valence electrons. The van der Waals surface area contributed by atoms with Crippen molar-refractivity contribution in [1.29, 1.82) is 0 Å². The molecule has 7 nitrogen and oxygen atoms in total. The van der Waals surface area contributed by atoms with Crippen molar-refractivity contribution in [3.63, 3.8) is 0 Å². The highest BCUT2D eigenvalue weighted by molar-refractivity contribution is 7.19. The van der Waals surface area contributed by atoms with Gasteiger partial charge in [-0.15, -0.1) is 11.3 Å². The summed E-state index contributed by atoms with van der Waals surface area (Å²) in [5.41, 5.74) is 1.82. The van der Waals surface area contributed by atoms with E-state index in [0.29, 0.717) is 30.7 Å². The number of hydrogen-bond donors (Lipinski definition) is 1. The molecule has 10 heteroatoms. The van der Waals surface area contributed by atoms with Crippen LogP contribution in [0.1, 0.15) is 16.9 Å². The number of carbonyl (C=O) groups excluding carboxylic acids is 1. The maximum absolute atomic E-state index is 13.5. The van der Waals surface area contributed by atoms with Gasteiger partial charge in [0.2, 0.25) is 5.91 Å². The molecule has 2 saturated heterocycles. The molecule has 1 N–H and O–H groups in total. The third-order valence-corrected chi connectivity index (χ3v) is 8.47. The van der Waals surface area contributed by atoms with Crippen LogP contribution >= 0.6 is 22.9 Å². The first-order valence-corrected chi connectivity index (χ1v) is 13.0. The number of nitrogens with zero attached hydrogens (tertiary/aromatic N) is 4. The molecule has 0 saturated carbocycles. The minimum Gasteiger partial charge on any atom is -0.376 e. The average molecular weight is 514 g/mol. The van der Waals surface area contributed by atoms with Crippen LogP contribution < -0.4 is 5.32 Å². The van der Waals surface area contributed by atoms with Gasteiger partial charge in [-0.2, -0.15) is 0 Å². The summed E-state index contributed by atoms with van der Waals surface area (Å²) in [5.74, 6) is 0.964. The van der Waals surface area contributed by atoms with Crippen LogP contribution in [0.15, 0.2) is 36.7 Å². The molecule has 3 aliphatic rings. The van der Waals surface area contributed by atoms with E-state index < -0.39 is 5.82 Å². The zero-order chi connectivity index (χ0) is 23.9. The van der Waals surface area contributed by atoms with Gasteiger partial charge in [0.15, 0.2) is 0 Å². The summed E-state index contributed by atoms with van der Waals surface area (Å²) < 4.78 is 19.2. The summed E-state index contributed by atoms with van der Waals surface area (Å²) in [4.78, 5) is 28.0. The molecule has 3 aliphatic heterocycles. The second-order valence-electron chi connectivity index (χ2n) is 9.25. The number of thiophene rings is 1. The lowest BCUT2D eigenvalue weighted by atomic mass is 9.90. The minimum absolute atomic E-state index is 0.0354. The Morgan fingerprint density at radius 3 is 3.06 bits per heavy atom. The standard InChI is InChI=1S/C25H25ClFN5O2S/c26-18-10-16(3-4-19(18)27)30-24-23-17-6-9-32(12-21(17)35-25(23)29-14-28-24)22(33)2-1-7-31-8-5-15-13-34-20(15)11-31/h1-4,10,14-15,20H,5-9,11-13H2,(H,28,29,30)/b2-1+. The number of carbonyl (C=O) groups is 1. The van der Waals surface area contributed by atoms with E-state index in [9.17, 15) is 9.18 Å². The summed E-state index contributed by atoms with van der Waals surface area (Å²) in [6, 6.07) is 4.49. The Hall–Kier alpha value is -2.59. The van der Waals surface area contributed by atoms with Crippen molar-refractivity contribution in [2.24, 2.45) is 5.92 Å². The quantitative estimate of drug-likeness (QED) is 0.510. The Kier molecular flexibility index (Phi) is 6.18. The smallest absolute Gasteiger partial charge is 0.246 e. The predicted octanol–water partition coefficient (Wildman–Crippen LogP) is 4.39. The van der Waals surface area contributed by atoms with E-state index in [1.807, 2.05) is 11.0 Å². The second kappa shape index (κ2) is 9.46. The van der Waals surface area contributed by atoms with Crippen LogP contribution in [0.25, 0.3) is 10.2 Å². The SMILES string of the molecule is O=C(/C=C/CN1CCC2COC2C1)N1CCc2c(sc3ncnc(Nc4ccc(F)c(Cl)c4)c23)C1. The number of benzene rings is 1. The molecule has 2 atom stereocenters. The molecule has 2 unspecified atom stereocenters. The second-order valence-corrected chi connectivity index (χ2v) is 10.7.